The van der Waals surface area contributed by atoms with E-state index in [-0.39, 0.29) is 0 Å². The molecule has 0 saturated heterocycles. The second kappa shape index (κ2) is 3.72. The van der Waals surface area contributed by atoms with Crippen LogP contribution >= 0.6 is 0 Å². The van der Waals surface area contributed by atoms with Gasteiger partial charge in [0.15, 0.2) is 0 Å². The van der Waals surface area contributed by atoms with Crippen molar-refractivity contribution in [3.8, 4) is 0 Å². The smallest absolute Gasteiger partial charge is 0.111 e. The van der Waals surface area contributed by atoms with Crippen molar-refractivity contribution in [1.82, 2.24) is 14.9 Å². The number of imidazole rings is 1. The highest BCUT2D eigenvalue weighted by molar-refractivity contribution is 5.06. The predicted molar refractivity (Wildman–Crippen MR) is 50.1 cm³/mol. The molecule has 0 aliphatic heterocycles. The molecule has 1 rings (SSSR count). The molecule has 1 aromatic heterocycles. The molecular weight excluding hydrogens is 150 g/mol. The molecule has 12 heavy (non-hydrogen) atoms. The zero-order chi connectivity index (χ0) is 9.14. The molecule has 0 amide bonds. The van der Waals surface area contributed by atoms with E-state index in [9.17, 15) is 0 Å². The van der Waals surface area contributed by atoms with Gasteiger partial charge in [-0.3, -0.25) is 0 Å². The molecule has 0 aliphatic carbocycles. The minimum Gasteiger partial charge on any atom is -0.337 e. The lowest BCUT2D eigenvalue weighted by molar-refractivity contribution is 0.708. The Balaban J connectivity index is 2.85. The normalized spacial score (nSPS) is 11.1. The molecule has 1 N–H and O–H groups in total. The average Bonchev–Trinajstić information content (AvgIpc) is 2.32. The van der Waals surface area contributed by atoms with Crippen molar-refractivity contribution in [3.05, 3.63) is 17.7 Å². The second-order valence-corrected chi connectivity index (χ2v) is 3.39. The maximum atomic E-state index is 4.50. The summed E-state index contributed by atoms with van der Waals surface area (Å²) < 4.78 is 2.09. The fourth-order valence-corrected chi connectivity index (χ4v) is 1.35. The first-order valence-corrected chi connectivity index (χ1v) is 4.32. The van der Waals surface area contributed by atoms with Crippen molar-refractivity contribution in [3.63, 3.8) is 0 Å². The molecule has 0 unspecified atom stereocenters. The number of hydrogen-bond donors (Lipinski definition) is 1. The maximum absolute atomic E-state index is 4.50. The highest BCUT2D eigenvalue weighted by Gasteiger charge is 2.07. The van der Waals surface area contributed by atoms with Gasteiger partial charge in [0.05, 0.1) is 5.69 Å². The molecule has 3 heteroatoms. The molecule has 1 heterocycles. The monoisotopic (exact) mass is 167 g/mol. The molecule has 0 spiro atoms. The first-order valence-electron chi connectivity index (χ1n) is 4.32. The van der Waals surface area contributed by atoms with E-state index in [0.717, 1.165) is 18.1 Å². The standard InChI is InChI=1S/C9H17N3/c1-7(2)9-11-8(5-10-3)6-12(9)4/h6-7,10H,5H2,1-4H3. The number of nitrogens with one attached hydrogen (secondary N) is 1. The van der Waals surface area contributed by atoms with Crippen molar-refractivity contribution >= 4 is 0 Å². The summed E-state index contributed by atoms with van der Waals surface area (Å²) in [5, 5.41) is 3.09. The first kappa shape index (κ1) is 9.26. The Bertz CT molecular complexity index is 250. The van der Waals surface area contributed by atoms with Crippen LogP contribution in [0.3, 0.4) is 0 Å². The molecule has 0 radical (unpaired) electrons. The Morgan fingerprint density at radius 2 is 2.25 bits per heavy atom. The van der Waals surface area contributed by atoms with Gasteiger partial charge in [-0.1, -0.05) is 13.8 Å². The van der Waals surface area contributed by atoms with E-state index in [2.05, 4.69) is 34.9 Å². The van der Waals surface area contributed by atoms with Gasteiger partial charge in [-0.2, -0.15) is 0 Å². The maximum Gasteiger partial charge on any atom is 0.111 e. The third-order valence-corrected chi connectivity index (χ3v) is 1.84. The van der Waals surface area contributed by atoms with E-state index in [4.69, 9.17) is 0 Å². The lowest BCUT2D eigenvalue weighted by Crippen LogP contribution is -2.05. The summed E-state index contributed by atoms with van der Waals surface area (Å²) in [6.45, 7) is 5.16. The molecule has 0 saturated carbocycles. The highest BCUT2D eigenvalue weighted by Crippen LogP contribution is 2.12. The average molecular weight is 167 g/mol. The number of rotatable bonds is 3. The van der Waals surface area contributed by atoms with Crippen LogP contribution in [0.5, 0.6) is 0 Å². The number of aryl methyl sites for hydroxylation is 1. The van der Waals surface area contributed by atoms with Crippen molar-refractivity contribution in [1.29, 1.82) is 0 Å². The number of hydrogen-bond acceptors (Lipinski definition) is 2. The third-order valence-electron chi connectivity index (χ3n) is 1.84. The van der Waals surface area contributed by atoms with Gasteiger partial charge in [0.25, 0.3) is 0 Å². The molecule has 0 aliphatic rings. The van der Waals surface area contributed by atoms with Crippen LogP contribution in [-0.2, 0) is 13.6 Å². The van der Waals surface area contributed by atoms with Gasteiger partial charge in [-0.25, -0.2) is 4.98 Å². The summed E-state index contributed by atoms with van der Waals surface area (Å²) in [6, 6.07) is 0. The SMILES string of the molecule is CNCc1cn(C)c(C(C)C)n1. The summed E-state index contributed by atoms with van der Waals surface area (Å²) in [5.41, 5.74) is 1.11. The summed E-state index contributed by atoms with van der Waals surface area (Å²) in [6.07, 6.45) is 2.08. The van der Waals surface area contributed by atoms with Gasteiger partial charge in [-0.15, -0.1) is 0 Å². The highest BCUT2D eigenvalue weighted by atomic mass is 15.1. The Labute approximate surface area is 73.8 Å². The van der Waals surface area contributed by atoms with E-state index in [0.29, 0.717) is 5.92 Å². The van der Waals surface area contributed by atoms with Crippen LogP contribution in [0.4, 0.5) is 0 Å². The second-order valence-electron chi connectivity index (χ2n) is 3.39. The lowest BCUT2D eigenvalue weighted by atomic mass is 10.2. The van der Waals surface area contributed by atoms with Crippen LogP contribution in [0.25, 0.3) is 0 Å². The molecule has 0 atom stereocenters. The van der Waals surface area contributed by atoms with Gasteiger partial charge in [0, 0.05) is 25.7 Å². The minimum absolute atomic E-state index is 0.501. The summed E-state index contributed by atoms with van der Waals surface area (Å²) >= 11 is 0. The van der Waals surface area contributed by atoms with E-state index in [1.165, 1.54) is 0 Å². The van der Waals surface area contributed by atoms with Crippen molar-refractivity contribution < 1.29 is 0 Å². The zero-order valence-electron chi connectivity index (χ0n) is 8.26. The molecular formula is C9H17N3. The number of aromatic nitrogens is 2. The van der Waals surface area contributed by atoms with Gasteiger partial charge in [-0.05, 0) is 7.05 Å². The molecule has 1 aromatic rings. The zero-order valence-corrected chi connectivity index (χ0v) is 8.26. The van der Waals surface area contributed by atoms with Crippen LogP contribution < -0.4 is 5.32 Å². The number of nitrogens with zero attached hydrogens (tertiary/aromatic N) is 2. The van der Waals surface area contributed by atoms with Crippen molar-refractivity contribution in [2.24, 2.45) is 7.05 Å². The van der Waals surface area contributed by atoms with Gasteiger partial charge < -0.3 is 9.88 Å². The quantitative estimate of drug-likeness (QED) is 0.734. The summed E-state index contributed by atoms with van der Waals surface area (Å²) in [7, 11) is 3.98. The molecule has 0 aromatic carbocycles. The molecule has 0 fully saturated rings. The van der Waals surface area contributed by atoms with E-state index < -0.39 is 0 Å². The summed E-state index contributed by atoms with van der Waals surface area (Å²) in [5.74, 6) is 1.65. The van der Waals surface area contributed by atoms with Crippen LogP contribution in [0.2, 0.25) is 0 Å². The fourth-order valence-electron chi connectivity index (χ4n) is 1.35. The summed E-state index contributed by atoms with van der Waals surface area (Å²) in [4.78, 5) is 4.50. The van der Waals surface area contributed by atoms with E-state index >= 15 is 0 Å². The molecule has 3 nitrogen and oxygen atoms in total. The predicted octanol–water partition coefficient (Wildman–Crippen LogP) is 1.26. The Morgan fingerprint density at radius 1 is 1.58 bits per heavy atom. The van der Waals surface area contributed by atoms with E-state index in [1.54, 1.807) is 0 Å². The largest absolute Gasteiger partial charge is 0.337 e. The van der Waals surface area contributed by atoms with Gasteiger partial charge in [0.2, 0.25) is 0 Å². The third kappa shape index (κ3) is 1.85. The van der Waals surface area contributed by atoms with Crippen LogP contribution in [-0.4, -0.2) is 16.6 Å². The first-order chi connectivity index (χ1) is 5.65. The Morgan fingerprint density at radius 3 is 2.67 bits per heavy atom. The molecule has 0 bridgehead atoms. The van der Waals surface area contributed by atoms with Crippen LogP contribution in [0.15, 0.2) is 6.20 Å². The van der Waals surface area contributed by atoms with Gasteiger partial charge in [0.1, 0.15) is 5.82 Å². The minimum atomic E-state index is 0.501. The van der Waals surface area contributed by atoms with Crippen molar-refractivity contribution in [2.45, 2.75) is 26.3 Å². The van der Waals surface area contributed by atoms with Crippen LogP contribution in [0, 0.1) is 0 Å². The Kier molecular flexibility index (Phi) is 2.87. The topological polar surface area (TPSA) is 29.9 Å². The van der Waals surface area contributed by atoms with Crippen LogP contribution in [0.1, 0.15) is 31.3 Å². The van der Waals surface area contributed by atoms with Gasteiger partial charge >= 0.3 is 0 Å². The Hall–Kier alpha value is -0.830. The van der Waals surface area contributed by atoms with E-state index in [1.807, 2.05) is 14.1 Å². The lowest BCUT2D eigenvalue weighted by Gasteiger charge is -2.02. The fraction of sp³-hybridized carbons (Fsp3) is 0.667. The van der Waals surface area contributed by atoms with Crippen molar-refractivity contribution in [2.75, 3.05) is 7.05 Å². The molecule has 68 valence electrons.